The first-order valence-electron chi connectivity index (χ1n) is 8.32. The zero-order valence-corrected chi connectivity index (χ0v) is 14.2. The summed E-state index contributed by atoms with van der Waals surface area (Å²) in [6.07, 6.45) is 7.63. The second-order valence-corrected chi connectivity index (χ2v) is 7.65. The van der Waals surface area contributed by atoms with Gasteiger partial charge in [0, 0.05) is 10.1 Å². The molecule has 2 nitrogen and oxygen atoms in total. The molecule has 1 atom stereocenters. The molecule has 0 radical (unpaired) electrons. The van der Waals surface area contributed by atoms with Crippen LogP contribution in [0, 0.1) is 0 Å². The minimum absolute atomic E-state index is 0.740. The van der Waals surface area contributed by atoms with Gasteiger partial charge in [-0.3, -0.25) is 0 Å². The van der Waals surface area contributed by atoms with Gasteiger partial charge in [0.2, 0.25) is 0 Å². The lowest BCUT2D eigenvalue weighted by Crippen LogP contribution is -2.27. The van der Waals surface area contributed by atoms with Crippen molar-refractivity contribution in [2.24, 2.45) is 0 Å². The third kappa shape index (κ3) is 5.32. The first-order chi connectivity index (χ1) is 10.1. The van der Waals surface area contributed by atoms with Crippen molar-refractivity contribution in [2.75, 3.05) is 13.1 Å². The minimum Gasteiger partial charge on any atom is -0.385 e. The van der Waals surface area contributed by atoms with Gasteiger partial charge in [-0.25, -0.2) is 0 Å². The Morgan fingerprint density at radius 1 is 1.19 bits per heavy atom. The van der Waals surface area contributed by atoms with Crippen LogP contribution in [0.5, 0.6) is 0 Å². The van der Waals surface area contributed by atoms with E-state index >= 15 is 0 Å². The summed E-state index contributed by atoms with van der Waals surface area (Å²) in [5.74, 6) is 0. The molecule has 1 saturated carbocycles. The number of aliphatic hydroxyl groups is 1. The van der Waals surface area contributed by atoms with Crippen molar-refractivity contribution in [3.05, 3.63) is 29.8 Å². The fourth-order valence-corrected chi connectivity index (χ4v) is 4.17. The van der Waals surface area contributed by atoms with Crippen LogP contribution >= 0.6 is 11.8 Å². The van der Waals surface area contributed by atoms with Crippen molar-refractivity contribution in [1.82, 2.24) is 5.32 Å². The summed E-state index contributed by atoms with van der Waals surface area (Å²) in [6, 6.07) is 8.54. The molecular weight excluding hydrogens is 278 g/mol. The average molecular weight is 308 g/mol. The first kappa shape index (κ1) is 16.9. The van der Waals surface area contributed by atoms with Gasteiger partial charge in [0.25, 0.3) is 0 Å². The predicted molar refractivity (Wildman–Crippen MR) is 91.9 cm³/mol. The SMILES string of the molecule is CCNCCC(C)(O)c1ccc(SC2CCCCC2)cc1. The summed E-state index contributed by atoms with van der Waals surface area (Å²) in [5.41, 5.74) is 0.282. The van der Waals surface area contributed by atoms with Crippen molar-refractivity contribution >= 4 is 11.8 Å². The third-order valence-electron chi connectivity index (χ3n) is 4.37. The highest BCUT2D eigenvalue weighted by molar-refractivity contribution is 8.00. The lowest BCUT2D eigenvalue weighted by atomic mass is 9.93. The quantitative estimate of drug-likeness (QED) is 0.736. The molecule has 1 unspecified atom stereocenters. The van der Waals surface area contributed by atoms with Gasteiger partial charge in [0.15, 0.2) is 0 Å². The Morgan fingerprint density at radius 2 is 1.86 bits per heavy atom. The maximum Gasteiger partial charge on any atom is 0.0880 e. The van der Waals surface area contributed by atoms with Crippen LogP contribution in [0.3, 0.4) is 0 Å². The number of benzene rings is 1. The molecule has 1 aromatic carbocycles. The molecule has 1 aromatic rings. The van der Waals surface area contributed by atoms with E-state index in [0.717, 1.165) is 30.3 Å². The van der Waals surface area contributed by atoms with Gasteiger partial charge in [0.1, 0.15) is 0 Å². The topological polar surface area (TPSA) is 32.3 Å². The van der Waals surface area contributed by atoms with Crippen LogP contribution in [0.2, 0.25) is 0 Å². The molecule has 0 aromatic heterocycles. The maximum atomic E-state index is 10.6. The second-order valence-electron chi connectivity index (χ2n) is 6.28. The highest BCUT2D eigenvalue weighted by Crippen LogP contribution is 2.34. The Bertz CT molecular complexity index is 410. The van der Waals surface area contributed by atoms with Gasteiger partial charge < -0.3 is 10.4 Å². The number of hydrogen-bond acceptors (Lipinski definition) is 3. The molecule has 2 rings (SSSR count). The Balaban J connectivity index is 1.91. The fourth-order valence-electron chi connectivity index (χ4n) is 2.92. The van der Waals surface area contributed by atoms with Gasteiger partial charge in [-0.05, 0) is 57.0 Å². The largest absolute Gasteiger partial charge is 0.385 e. The molecular formula is C18H29NOS. The Morgan fingerprint density at radius 3 is 2.48 bits per heavy atom. The zero-order valence-electron chi connectivity index (χ0n) is 13.4. The number of nitrogens with one attached hydrogen (secondary N) is 1. The molecule has 118 valence electrons. The van der Waals surface area contributed by atoms with E-state index in [9.17, 15) is 5.11 Å². The standard InChI is InChI=1S/C18H29NOS/c1-3-19-14-13-18(2,20)15-9-11-17(12-10-15)21-16-7-5-4-6-8-16/h9-12,16,19-20H,3-8,13-14H2,1-2H3. The van der Waals surface area contributed by atoms with Crippen LogP contribution in [0.25, 0.3) is 0 Å². The fraction of sp³-hybridized carbons (Fsp3) is 0.667. The molecule has 0 heterocycles. The molecule has 1 aliphatic rings. The molecule has 0 aliphatic heterocycles. The monoisotopic (exact) mass is 307 g/mol. The van der Waals surface area contributed by atoms with Crippen LogP contribution in [-0.2, 0) is 5.60 Å². The van der Waals surface area contributed by atoms with Crippen molar-refractivity contribution in [3.63, 3.8) is 0 Å². The second kappa shape index (κ2) is 8.21. The first-order valence-corrected chi connectivity index (χ1v) is 9.20. The smallest absolute Gasteiger partial charge is 0.0880 e. The lowest BCUT2D eigenvalue weighted by molar-refractivity contribution is 0.0481. The van der Waals surface area contributed by atoms with E-state index in [0.29, 0.717) is 0 Å². The number of thioether (sulfide) groups is 1. The van der Waals surface area contributed by atoms with Crippen molar-refractivity contribution < 1.29 is 5.11 Å². The van der Waals surface area contributed by atoms with Gasteiger partial charge in [-0.1, -0.05) is 38.3 Å². The molecule has 1 aliphatic carbocycles. The van der Waals surface area contributed by atoms with Crippen molar-refractivity contribution in [2.45, 2.75) is 68.1 Å². The Kier molecular flexibility index (Phi) is 6.59. The van der Waals surface area contributed by atoms with Crippen LogP contribution in [0.4, 0.5) is 0 Å². The third-order valence-corrected chi connectivity index (χ3v) is 5.72. The Hall–Kier alpha value is -0.510. The van der Waals surface area contributed by atoms with Gasteiger partial charge in [0.05, 0.1) is 5.60 Å². The molecule has 0 bridgehead atoms. The van der Waals surface area contributed by atoms with Gasteiger partial charge >= 0.3 is 0 Å². The van der Waals surface area contributed by atoms with E-state index in [2.05, 4.69) is 36.5 Å². The summed E-state index contributed by atoms with van der Waals surface area (Å²) >= 11 is 2.01. The number of hydrogen-bond donors (Lipinski definition) is 2. The molecule has 0 amide bonds. The molecule has 1 fully saturated rings. The Labute approximate surface area is 133 Å². The van der Waals surface area contributed by atoms with Crippen LogP contribution < -0.4 is 5.32 Å². The summed E-state index contributed by atoms with van der Waals surface area (Å²) in [6.45, 7) is 5.80. The minimum atomic E-state index is -0.740. The van der Waals surface area contributed by atoms with E-state index in [4.69, 9.17) is 0 Å². The van der Waals surface area contributed by atoms with Crippen LogP contribution in [0.15, 0.2) is 29.2 Å². The van der Waals surface area contributed by atoms with Crippen molar-refractivity contribution in [1.29, 1.82) is 0 Å². The van der Waals surface area contributed by atoms with E-state index < -0.39 is 5.60 Å². The lowest BCUT2D eigenvalue weighted by Gasteiger charge is -2.25. The van der Waals surface area contributed by atoms with Crippen molar-refractivity contribution in [3.8, 4) is 0 Å². The summed E-state index contributed by atoms with van der Waals surface area (Å²) in [4.78, 5) is 1.34. The summed E-state index contributed by atoms with van der Waals surface area (Å²) in [5, 5.41) is 14.6. The van der Waals surface area contributed by atoms with E-state index in [1.807, 2.05) is 18.7 Å². The van der Waals surface area contributed by atoms with E-state index in [1.165, 1.54) is 37.0 Å². The molecule has 3 heteroatoms. The van der Waals surface area contributed by atoms with Gasteiger partial charge in [-0.2, -0.15) is 0 Å². The summed E-state index contributed by atoms with van der Waals surface area (Å²) < 4.78 is 0. The predicted octanol–water partition coefficient (Wildman–Crippen LogP) is 4.32. The highest BCUT2D eigenvalue weighted by Gasteiger charge is 2.22. The van der Waals surface area contributed by atoms with E-state index in [-0.39, 0.29) is 0 Å². The molecule has 2 N–H and O–H groups in total. The van der Waals surface area contributed by atoms with Crippen LogP contribution in [-0.4, -0.2) is 23.4 Å². The van der Waals surface area contributed by atoms with Gasteiger partial charge in [-0.15, -0.1) is 11.8 Å². The number of rotatable bonds is 7. The summed E-state index contributed by atoms with van der Waals surface area (Å²) in [7, 11) is 0. The van der Waals surface area contributed by atoms with E-state index in [1.54, 1.807) is 0 Å². The zero-order chi connectivity index (χ0) is 15.1. The molecule has 21 heavy (non-hydrogen) atoms. The van der Waals surface area contributed by atoms with Crippen LogP contribution in [0.1, 0.15) is 57.9 Å². The highest BCUT2D eigenvalue weighted by atomic mass is 32.2. The normalized spacial score (nSPS) is 19.4. The molecule has 0 spiro atoms. The molecule has 0 saturated heterocycles. The maximum absolute atomic E-state index is 10.6. The average Bonchev–Trinajstić information content (AvgIpc) is 2.49.